The molecule has 1 aliphatic heterocycles. The molecular formula is C14H18Br2N2O2. The summed E-state index contributed by atoms with van der Waals surface area (Å²) in [4.78, 5) is 12.5. The molecule has 1 fully saturated rings. The molecule has 0 saturated carbocycles. The van der Waals surface area contributed by atoms with Crippen LogP contribution in [0.3, 0.4) is 0 Å². The predicted molar refractivity (Wildman–Crippen MR) is 87.5 cm³/mol. The maximum absolute atomic E-state index is 12.5. The van der Waals surface area contributed by atoms with Gasteiger partial charge >= 0.3 is 0 Å². The number of ether oxygens (including phenoxy) is 1. The van der Waals surface area contributed by atoms with Gasteiger partial charge in [0.05, 0.1) is 29.5 Å². The van der Waals surface area contributed by atoms with E-state index < -0.39 is 0 Å². The second kappa shape index (κ2) is 6.03. The largest absolute Gasteiger partial charge is 0.397 e. The van der Waals surface area contributed by atoms with Crippen molar-refractivity contribution in [1.82, 2.24) is 0 Å². The lowest BCUT2D eigenvalue weighted by Crippen LogP contribution is -2.32. The molecule has 0 aromatic heterocycles. The van der Waals surface area contributed by atoms with Gasteiger partial charge in [0, 0.05) is 8.95 Å². The van der Waals surface area contributed by atoms with E-state index in [2.05, 4.69) is 37.2 Å². The molecule has 20 heavy (non-hydrogen) atoms. The molecule has 1 amide bonds. The van der Waals surface area contributed by atoms with Gasteiger partial charge in [-0.1, -0.05) is 22.9 Å². The summed E-state index contributed by atoms with van der Waals surface area (Å²) in [7, 11) is 0. The maximum atomic E-state index is 12.5. The zero-order valence-corrected chi connectivity index (χ0v) is 14.8. The Morgan fingerprint density at radius 1 is 1.25 bits per heavy atom. The topological polar surface area (TPSA) is 64.3 Å². The van der Waals surface area contributed by atoms with Gasteiger partial charge in [0.2, 0.25) is 5.91 Å². The number of amides is 1. The summed E-state index contributed by atoms with van der Waals surface area (Å²) < 4.78 is 7.33. The summed E-state index contributed by atoms with van der Waals surface area (Å²) in [6, 6.07) is 3.62. The van der Waals surface area contributed by atoms with Crippen molar-refractivity contribution in [3.05, 3.63) is 21.1 Å². The van der Waals surface area contributed by atoms with Crippen molar-refractivity contribution in [3.63, 3.8) is 0 Å². The first-order valence-corrected chi connectivity index (χ1v) is 8.10. The van der Waals surface area contributed by atoms with Crippen LogP contribution in [-0.4, -0.2) is 18.1 Å². The van der Waals surface area contributed by atoms with Crippen LogP contribution in [0.1, 0.15) is 20.8 Å². The minimum atomic E-state index is -0.167. The number of hydrogen-bond donors (Lipinski definition) is 2. The molecule has 2 rings (SSSR count). The summed E-state index contributed by atoms with van der Waals surface area (Å²) in [5.74, 6) is -0.0375. The van der Waals surface area contributed by atoms with Gasteiger partial charge in [-0.25, -0.2) is 0 Å². The molecule has 1 heterocycles. The van der Waals surface area contributed by atoms with Crippen molar-refractivity contribution in [3.8, 4) is 0 Å². The van der Waals surface area contributed by atoms with Crippen LogP contribution in [0, 0.1) is 11.8 Å². The number of benzene rings is 1. The van der Waals surface area contributed by atoms with E-state index in [0.29, 0.717) is 11.4 Å². The molecule has 4 nitrogen and oxygen atoms in total. The average Bonchev–Trinajstić information content (AvgIpc) is 2.58. The van der Waals surface area contributed by atoms with E-state index >= 15 is 0 Å². The first-order valence-electron chi connectivity index (χ1n) is 6.52. The highest BCUT2D eigenvalue weighted by atomic mass is 79.9. The molecule has 110 valence electrons. The highest BCUT2D eigenvalue weighted by molar-refractivity contribution is 9.11. The fourth-order valence-corrected chi connectivity index (χ4v) is 4.01. The Hall–Kier alpha value is -0.590. The maximum Gasteiger partial charge on any atom is 0.230 e. The SMILES string of the molecule is CC1OC(C)C(C(=O)Nc2c(N)cc(Br)cc2Br)C1C. The average molecular weight is 406 g/mol. The van der Waals surface area contributed by atoms with Crippen LogP contribution in [0.2, 0.25) is 0 Å². The molecule has 1 aliphatic rings. The quantitative estimate of drug-likeness (QED) is 0.735. The number of nitrogens with two attached hydrogens (primary N) is 1. The second-order valence-corrected chi connectivity index (χ2v) is 7.04. The van der Waals surface area contributed by atoms with Gasteiger partial charge in [-0.3, -0.25) is 4.79 Å². The Labute approximate surface area is 135 Å². The zero-order valence-electron chi connectivity index (χ0n) is 11.6. The van der Waals surface area contributed by atoms with Gasteiger partial charge in [0.15, 0.2) is 0 Å². The van der Waals surface area contributed by atoms with E-state index in [1.165, 1.54) is 0 Å². The van der Waals surface area contributed by atoms with E-state index in [9.17, 15) is 4.79 Å². The van der Waals surface area contributed by atoms with Gasteiger partial charge in [-0.05, 0) is 47.8 Å². The monoisotopic (exact) mass is 404 g/mol. The minimum Gasteiger partial charge on any atom is -0.397 e. The molecule has 1 aromatic rings. The Bertz CT molecular complexity index is 513. The van der Waals surface area contributed by atoms with Crippen molar-refractivity contribution in [2.75, 3.05) is 11.1 Å². The molecule has 0 aliphatic carbocycles. The summed E-state index contributed by atoms with van der Waals surface area (Å²) in [6.07, 6.45) is 0.00176. The van der Waals surface area contributed by atoms with E-state index in [1.807, 2.05) is 26.8 Å². The lowest BCUT2D eigenvalue weighted by molar-refractivity contribution is -0.121. The van der Waals surface area contributed by atoms with E-state index in [-0.39, 0.29) is 30.0 Å². The number of halogens is 2. The van der Waals surface area contributed by atoms with Crippen LogP contribution in [0.4, 0.5) is 11.4 Å². The van der Waals surface area contributed by atoms with Crippen LogP contribution >= 0.6 is 31.9 Å². The van der Waals surface area contributed by atoms with Crippen LogP contribution in [0.5, 0.6) is 0 Å². The molecule has 0 bridgehead atoms. The fraction of sp³-hybridized carbons (Fsp3) is 0.500. The molecule has 0 radical (unpaired) electrons. The number of rotatable bonds is 2. The Morgan fingerprint density at radius 3 is 2.40 bits per heavy atom. The summed E-state index contributed by atoms with van der Waals surface area (Å²) >= 11 is 6.79. The first kappa shape index (κ1) is 15.8. The third kappa shape index (κ3) is 3.02. The second-order valence-electron chi connectivity index (χ2n) is 5.27. The van der Waals surface area contributed by atoms with Crippen molar-refractivity contribution in [1.29, 1.82) is 0 Å². The standard InChI is InChI=1S/C14H18Br2N2O2/c1-6-7(2)20-8(3)12(6)14(19)18-13-10(16)4-9(15)5-11(13)17/h4-8,12H,17H2,1-3H3,(H,18,19). The van der Waals surface area contributed by atoms with Gasteiger partial charge in [0.25, 0.3) is 0 Å². The van der Waals surface area contributed by atoms with Crippen LogP contribution in [0.15, 0.2) is 21.1 Å². The third-order valence-corrected chi connectivity index (χ3v) is 4.96. The smallest absolute Gasteiger partial charge is 0.230 e. The van der Waals surface area contributed by atoms with Crippen LogP contribution in [-0.2, 0) is 9.53 Å². The number of nitrogens with one attached hydrogen (secondary N) is 1. The van der Waals surface area contributed by atoms with Crippen molar-refractivity contribution >= 4 is 49.1 Å². The molecule has 6 heteroatoms. The van der Waals surface area contributed by atoms with Crippen molar-refractivity contribution < 1.29 is 9.53 Å². The lowest BCUT2D eigenvalue weighted by Gasteiger charge is -2.19. The Kier molecular flexibility index (Phi) is 4.76. The van der Waals surface area contributed by atoms with E-state index in [4.69, 9.17) is 10.5 Å². The lowest BCUT2D eigenvalue weighted by atomic mass is 9.89. The number of anilines is 2. The first-order chi connectivity index (χ1) is 9.31. The fourth-order valence-electron chi connectivity index (χ4n) is 2.65. The molecule has 0 spiro atoms. The number of nitrogen functional groups attached to an aromatic ring is 1. The normalized spacial score (nSPS) is 29.4. The van der Waals surface area contributed by atoms with E-state index in [1.54, 1.807) is 6.07 Å². The summed E-state index contributed by atoms with van der Waals surface area (Å²) in [5, 5.41) is 2.92. The molecule has 4 unspecified atom stereocenters. The van der Waals surface area contributed by atoms with Gasteiger partial charge < -0.3 is 15.8 Å². The van der Waals surface area contributed by atoms with Gasteiger partial charge in [-0.15, -0.1) is 0 Å². The highest BCUT2D eigenvalue weighted by Crippen LogP contribution is 2.36. The van der Waals surface area contributed by atoms with Crippen molar-refractivity contribution in [2.45, 2.75) is 33.0 Å². The minimum absolute atomic E-state index is 0.0518. The van der Waals surface area contributed by atoms with Crippen LogP contribution < -0.4 is 11.1 Å². The van der Waals surface area contributed by atoms with Crippen molar-refractivity contribution in [2.24, 2.45) is 11.8 Å². The van der Waals surface area contributed by atoms with Gasteiger partial charge in [-0.2, -0.15) is 0 Å². The Balaban J connectivity index is 2.21. The van der Waals surface area contributed by atoms with Crippen LogP contribution in [0.25, 0.3) is 0 Å². The number of carbonyl (C=O) groups excluding carboxylic acids is 1. The van der Waals surface area contributed by atoms with E-state index in [0.717, 1.165) is 8.95 Å². The molecule has 4 atom stereocenters. The van der Waals surface area contributed by atoms with Gasteiger partial charge in [0.1, 0.15) is 0 Å². The number of carbonyl (C=O) groups is 1. The zero-order chi connectivity index (χ0) is 15.0. The predicted octanol–water partition coefficient (Wildman–Crippen LogP) is 3.79. The molecule has 3 N–H and O–H groups in total. The Morgan fingerprint density at radius 2 is 1.90 bits per heavy atom. The molecular weight excluding hydrogens is 388 g/mol. The summed E-state index contributed by atoms with van der Waals surface area (Å²) in [6.45, 7) is 5.97. The summed E-state index contributed by atoms with van der Waals surface area (Å²) in [5.41, 5.74) is 7.09. The molecule has 1 aromatic carbocycles. The molecule has 1 saturated heterocycles. The highest BCUT2D eigenvalue weighted by Gasteiger charge is 2.41. The third-order valence-electron chi connectivity index (χ3n) is 3.88. The number of hydrogen-bond acceptors (Lipinski definition) is 3.